The fourth-order valence-corrected chi connectivity index (χ4v) is 1.30. The smallest absolute Gasteiger partial charge is 0.299 e. The van der Waals surface area contributed by atoms with Gasteiger partial charge in [0.25, 0.3) is 0 Å². The maximum Gasteiger partial charge on any atom is 0.314 e. The van der Waals surface area contributed by atoms with Gasteiger partial charge in [-0.3, -0.25) is 4.79 Å². The fraction of sp³-hybridized carbons (Fsp3) is 0.625. The van der Waals surface area contributed by atoms with Crippen molar-refractivity contribution >= 4 is 11.6 Å². The average molecular weight is 139 g/mol. The van der Waals surface area contributed by atoms with Crippen LogP contribution in [0.25, 0.3) is 0 Å². The second-order valence-corrected chi connectivity index (χ2v) is 3.49. The summed E-state index contributed by atoms with van der Waals surface area (Å²) in [5.74, 6) is 0.0405. The Labute approximate surface area is 60.6 Å². The molecule has 1 rings (SSSR count). The Bertz CT molecular complexity index is 162. The summed E-state index contributed by atoms with van der Waals surface area (Å²) >= 11 is 0. The zero-order chi connectivity index (χ0) is 7.78. The van der Waals surface area contributed by atoms with E-state index in [4.69, 9.17) is 0 Å². The highest BCUT2D eigenvalue weighted by molar-refractivity contribution is 6.06. The number of rotatable bonds is 0. The number of ketones is 2. The zero-order valence-electron chi connectivity index (χ0n) is 6.31. The lowest BCUT2D eigenvalue weighted by Crippen LogP contribution is -2.29. The number of Topliss-reactive ketones (excluding diaryl/α,β-unsaturated/α-hetero) is 2. The van der Waals surface area contributed by atoms with E-state index in [1.165, 1.54) is 0 Å². The molecule has 1 saturated carbocycles. The predicted octanol–water partition coefficient (Wildman–Crippen LogP) is 1.15. The monoisotopic (exact) mass is 139 g/mol. The first-order valence-corrected chi connectivity index (χ1v) is 3.40. The maximum absolute atomic E-state index is 10.8. The van der Waals surface area contributed by atoms with E-state index >= 15 is 0 Å². The van der Waals surface area contributed by atoms with Gasteiger partial charge in [0.15, 0.2) is 6.42 Å². The van der Waals surface area contributed by atoms with Gasteiger partial charge in [-0.25, -0.2) is 4.79 Å². The molecule has 0 atom stereocenters. The summed E-state index contributed by atoms with van der Waals surface area (Å²) in [6.45, 7) is 3.81. The summed E-state index contributed by atoms with van der Waals surface area (Å²) < 4.78 is 0. The predicted molar refractivity (Wildman–Crippen MR) is 37.3 cm³/mol. The van der Waals surface area contributed by atoms with Crippen LogP contribution in [0.15, 0.2) is 0 Å². The molecule has 54 valence electrons. The number of hydrogen-bond donors (Lipinski definition) is 0. The van der Waals surface area contributed by atoms with Crippen molar-refractivity contribution < 1.29 is 9.59 Å². The number of hydrogen-bond acceptors (Lipinski definition) is 2. The first-order valence-electron chi connectivity index (χ1n) is 3.40. The summed E-state index contributed by atoms with van der Waals surface area (Å²) in [5.41, 5.74) is -0.202. The van der Waals surface area contributed by atoms with Crippen LogP contribution in [0.4, 0.5) is 0 Å². The third-order valence-electron chi connectivity index (χ3n) is 1.58. The molecule has 0 radical (unpaired) electrons. The van der Waals surface area contributed by atoms with Crippen LogP contribution in [0.1, 0.15) is 26.7 Å². The molecule has 0 aromatic rings. The van der Waals surface area contributed by atoms with Crippen LogP contribution in [0, 0.1) is 11.8 Å². The molecule has 10 heavy (non-hydrogen) atoms. The molecule has 0 aliphatic heterocycles. The van der Waals surface area contributed by atoms with Gasteiger partial charge in [0.05, 0.1) is 6.42 Å². The number of carbonyl (C=O) groups excluding carboxylic acids is 2. The van der Waals surface area contributed by atoms with Crippen LogP contribution < -0.4 is 0 Å². The topological polar surface area (TPSA) is 34.1 Å². The lowest BCUT2D eigenvalue weighted by atomic mass is 9.76. The van der Waals surface area contributed by atoms with Gasteiger partial charge in [0.1, 0.15) is 17.6 Å². The molecule has 0 heterocycles. The minimum absolute atomic E-state index is 0.0266. The van der Waals surface area contributed by atoms with Crippen molar-refractivity contribution in [3.05, 3.63) is 6.42 Å². The molecule has 0 aromatic carbocycles. The molecule has 0 amide bonds. The van der Waals surface area contributed by atoms with E-state index in [0.29, 0.717) is 6.42 Å². The van der Waals surface area contributed by atoms with Crippen molar-refractivity contribution in [1.29, 1.82) is 0 Å². The lowest BCUT2D eigenvalue weighted by molar-refractivity contribution is -0.129. The average Bonchev–Trinajstić information content (AvgIpc) is 1.54. The van der Waals surface area contributed by atoms with Crippen molar-refractivity contribution in [1.82, 2.24) is 0 Å². The zero-order valence-corrected chi connectivity index (χ0v) is 6.31. The Kier molecular flexibility index (Phi) is 1.55. The van der Waals surface area contributed by atoms with Crippen LogP contribution in [-0.4, -0.2) is 11.6 Å². The van der Waals surface area contributed by atoms with Gasteiger partial charge in [0, 0.05) is 0 Å². The van der Waals surface area contributed by atoms with Gasteiger partial charge >= 0.3 is 5.78 Å². The van der Waals surface area contributed by atoms with Gasteiger partial charge in [-0.05, 0) is 13.8 Å². The molecular weight excluding hydrogens is 128 g/mol. The SMILES string of the molecule is CC1(C)[CH+]C(=O)CC(=O)C1. The third kappa shape index (κ3) is 1.59. The third-order valence-corrected chi connectivity index (χ3v) is 1.58. The Morgan fingerprint density at radius 3 is 2.40 bits per heavy atom. The van der Waals surface area contributed by atoms with Gasteiger partial charge in [0.2, 0.25) is 0 Å². The summed E-state index contributed by atoms with van der Waals surface area (Å²) in [7, 11) is 0. The molecule has 0 bridgehead atoms. The lowest BCUT2D eigenvalue weighted by Gasteiger charge is -2.17. The molecule has 0 aromatic heterocycles. The minimum atomic E-state index is -0.202. The Morgan fingerprint density at radius 1 is 1.40 bits per heavy atom. The highest BCUT2D eigenvalue weighted by atomic mass is 16.1. The normalized spacial score (nSPS) is 24.2. The van der Waals surface area contributed by atoms with Gasteiger partial charge < -0.3 is 0 Å². The van der Waals surface area contributed by atoms with E-state index in [-0.39, 0.29) is 23.4 Å². The second kappa shape index (κ2) is 2.11. The highest BCUT2D eigenvalue weighted by Crippen LogP contribution is 2.29. The summed E-state index contributed by atoms with van der Waals surface area (Å²) in [6, 6.07) is 0. The van der Waals surface area contributed by atoms with E-state index in [9.17, 15) is 9.59 Å². The Morgan fingerprint density at radius 2 is 2.00 bits per heavy atom. The van der Waals surface area contributed by atoms with Crippen LogP contribution in [0.2, 0.25) is 0 Å². The van der Waals surface area contributed by atoms with Crippen LogP contribution in [-0.2, 0) is 9.59 Å². The van der Waals surface area contributed by atoms with Crippen molar-refractivity contribution in [2.24, 2.45) is 5.41 Å². The maximum atomic E-state index is 10.8. The molecule has 0 unspecified atom stereocenters. The van der Waals surface area contributed by atoms with E-state index < -0.39 is 0 Å². The second-order valence-electron chi connectivity index (χ2n) is 3.49. The van der Waals surface area contributed by atoms with Crippen molar-refractivity contribution in [3.8, 4) is 0 Å². The first kappa shape index (κ1) is 7.32. The van der Waals surface area contributed by atoms with E-state index in [1.807, 2.05) is 13.8 Å². The Balaban J connectivity index is 2.68. The molecule has 1 aliphatic carbocycles. The molecule has 2 heteroatoms. The molecule has 1 fully saturated rings. The summed E-state index contributed by atoms with van der Waals surface area (Å²) in [5, 5.41) is 0. The van der Waals surface area contributed by atoms with E-state index in [0.717, 1.165) is 0 Å². The molecule has 0 spiro atoms. The molecule has 0 N–H and O–H groups in total. The van der Waals surface area contributed by atoms with Crippen LogP contribution in [0.5, 0.6) is 0 Å². The van der Waals surface area contributed by atoms with Crippen molar-refractivity contribution in [2.75, 3.05) is 0 Å². The number of carbonyl (C=O) groups is 2. The quantitative estimate of drug-likeness (QED) is 0.372. The molecule has 1 aliphatic rings. The largest absolute Gasteiger partial charge is 0.314 e. The van der Waals surface area contributed by atoms with Gasteiger partial charge in [-0.1, -0.05) is 0 Å². The van der Waals surface area contributed by atoms with Gasteiger partial charge in [-0.2, -0.15) is 0 Å². The van der Waals surface area contributed by atoms with Crippen molar-refractivity contribution in [2.45, 2.75) is 26.7 Å². The molecule has 0 saturated heterocycles. The molecular formula is C8H11O2+. The van der Waals surface area contributed by atoms with Crippen LogP contribution >= 0.6 is 0 Å². The van der Waals surface area contributed by atoms with Crippen molar-refractivity contribution in [3.63, 3.8) is 0 Å². The highest BCUT2D eigenvalue weighted by Gasteiger charge is 2.40. The minimum Gasteiger partial charge on any atom is -0.299 e. The summed E-state index contributed by atoms with van der Waals surface area (Å²) in [4.78, 5) is 21.7. The van der Waals surface area contributed by atoms with Gasteiger partial charge in [-0.15, -0.1) is 0 Å². The van der Waals surface area contributed by atoms with E-state index in [2.05, 4.69) is 0 Å². The molecule has 2 nitrogen and oxygen atoms in total. The first-order chi connectivity index (χ1) is 4.49. The Hall–Kier alpha value is -0.790. The van der Waals surface area contributed by atoms with E-state index in [1.54, 1.807) is 6.42 Å². The standard InChI is InChI=1S/C8H11O2/c1-8(2)4-6(9)3-7(10)5-8/h4H,3,5H2,1-2H3/q+1. The van der Waals surface area contributed by atoms with Crippen LogP contribution in [0.3, 0.4) is 0 Å². The summed E-state index contributed by atoms with van der Waals surface area (Å²) in [6.07, 6.45) is 2.27. The fourth-order valence-electron chi connectivity index (χ4n) is 1.30.